The van der Waals surface area contributed by atoms with Gasteiger partial charge in [-0.1, -0.05) is 48.5 Å². The predicted octanol–water partition coefficient (Wildman–Crippen LogP) is 4.60. The lowest BCUT2D eigenvalue weighted by molar-refractivity contribution is 0.284. The lowest BCUT2D eigenvalue weighted by atomic mass is 10.2. The van der Waals surface area contributed by atoms with Gasteiger partial charge in [-0.05, 0) is 29.8 Å². The number of hydrogen-bond donors (Lipinski definition) is 2. The van der Waals surface area contributed by atoms with Crippen LogP contribution in [0.4, 0.5) is 5.95 Å². The Morgan fingerprint density at radius 1 is 1.00 bits per heavy atom. The highest BCUT2D eigenvalue weighted by molar-refractivity contribution is 5.85. The molecule has 2 N–H and O–H groups in total. The van der Waals surface area contributed by atoms with Gasteiger partial charge < -0.3 is 14.5 Å². The number of nitrogens with one attached hydrogen (secondary N) is 2. The number of nitrogens with zero attached hydrogens (tertiary/aromatic N) is 2. The molecule has 0 spiro atoms. The molecule has 3 aromatic carbocycles. The second-order valence-electron chi connectivity index (χ2n) is 6.13. The normalized spacial score (nSPS) is 11.0. The fourth-order valence-corrected chi connectivity index (χ4v) is 2.85. The Hall–Kier alpha value is -3.80. The maximum atomic E-state index is 6.03. The van der Waals surface area contributed by atoms with Gasteiger partial charge in [0.05, 0.1) is 24.4 Å². The van der Waals surface area contributed by atoms with Gasteiger partial charge in [-0.3, -0.25) is 0 Å². The molecule has 4 rings (SSSR count). The zero-order valence-electron chi connectivity index (χ0n) is 15.4. The van der Waals surface area contributed by atoms with Gasteiger partial charge in [0, 0.05) is 5.56 Å². The highest BCUT2D eigenvalue weighted by atomic mass is 16.5. The maximum absolute atomic E-state index is 6.03. The molecule has 0 bridgehead atoms. The molecule has 0 fully saturated rings. The third-order valence-corrected chi connectivity index (χ3v) is 4.22. The van der Waals surface area contributed by atoms with Gasteiger partial charge in [-0.25, -0.2) is 10.4 Å². The van der Waals surface area contributed by atoms with E-state index in [0.29, 0.717) is 24.1 Å². The summed E-state index contributed by atoms with van der Waals surface area (Å²) < 4.78 is 11.5. The summed E-state index contributed by atoms with van der Waals surface area (Å²) in [5.41, 5.74) is 6.65. The number of methoxy groups -OCH3 is 1. The molecule has 0 radical (unpaired) electrons. The number of H-pyrrole nitrogens is 1. The van der Waals surface area contributed by atoms with Crippen LogP contribution < -0.4 is 14.9 Å². The van der Waals surface area contributed by atoms with Crippen molar-refractivity contribution in [1.82, 2.24) is 9.97 Å². The summed E-state index contributed by atoms with van der Waals surface area (Å²) >= 11 is 0. The molecule has 0 amide bonds. The standard InChI is InChI=1S/C22H20N4O2/c1-27-20-13-7-10-17(21(20)28-15-16-8-3-2-4-9-16)14-23-26-22-24-18-11-5-6-12-19(18)25-22/h2-14H,15H2,1H3,(H2,24,25,26)/b23-14-. The molecule has 0 saturated carbocycles. The first-order valence-electron chi connectivity index (χ1n) is 8.91. The van der Waals surface area contributed by atoms with Crippen LogP contribution in [0.5, 0.6) is 11.5 Å². The van der Waals surface area contributed by atoms with Crippen molar-refractivity contribution >= 4 is 23.2 Å². The number of imidazole rings is 1. The molecule has 0 aliphatic carbocycles. The van der Waals surface area contributed by atoms with Gasteiger partial charge in [0.1, 0.15) is 6.61 Å². The summed E-state index contributed by atoms with van der Waals surface area (Å²) in [6, 6.07) is 23.5. The minimum atomic E-state index is 0.444. The van der Waals surface area contributed by atoms with Crippen LogP contribution in [0.25, 0.3) is 11.0 Å². The van der Waals surface area contributed by atoms with E-state index in [-0.39, 0.29) is 0 Å². The molecule has 0 atom stereocenters. The lowest BCUT2D eigenvalue weighted by Crippen LogP contribution is -2.01. The Bertz CT molecular complexity index is 1060. The van der Waals surface area contributed by atoms with Gasteiger partial charge in [0.15, 0.2) is 11.5 Å². The summed E-state index contributed by atoms with van der Waals surface area (Å²) in [5.74, 6) is 1.87. The van der Waals surface area contributed by atoms with Gasteiger partial charge in [-0.15, -0.1) is 0 Å². The summed E-state index contributed by atoms with van der Waals surface area (Å²) in [6.45, 7) is 0.444. The molecular formula is C22H20N4O2. The van der Waals surface area contributed by atoms with Crippen LogP contribution in [0, 0.1) is 0 Å². The quantitative estimate of drug-likeness (QED) is 0.367. The van der Waals surface area contributed by atoms with Crippen molar-refractivity contribution in [1.29, 1.82) is 0 Å². The average molecular weight is 372 g/mol. The lowest BCUT2D eigenvalue weighted by Gasteiger charge is -2.13. The molecule has 0 aliphatic rings. The number of hydrazone groups is 1. The summed E-state index contributed by atoms with van der Waals surface area (Å²) in [4.78, 5) is 7.61. The van der Waals surface area contributed by atoms with Crippen LogP contribution in [0.15, 0.2) is 77.9 Å². The van der Waals surface area contributed by atoms with E-state index in [4.69, 9.17) is 9.47 Å². The van der Waals surface area contributed by atoms with Crippen molar-refractivity contribution in [2.24, 2.45) is 5.10 Å². The topological polar surface area (TPSA) is 71.5 Å². The molecule has 140 valence electrons. The van der Waals surface area contributed by atoms with E-state index in [2.05, 4.69) is 20.5 Å². The van der Waals surface area contributed by atoms with Crippen LogP contribution in [-0.2, 0) is 6.61 Å². The average Bonchev–Trinajstić information content (AvgIpc) is 3.16. The highest BCUT2D eigenvalue weighted by Gasteiger charge is 2.10. The van der Waals surface area contributed by atoms with E-state index in [1.165, 1.54) is 0 Å². The Morgan fingerprint density at radius 3 is 2.64 bits per heavy atom. The van der Waals surface area contributed by atoms with Crippen molar-refractivity contribution in [3.63, 3.8) is 0 Å². The number of hydrogen-bond acceptors (Lipinski definition) is 5. The first-order valence-corrected chi connectivity index (χ1v) is 8.91. The number of benzene rings is 3. The van der Waals surface area contributed by atoms with E-state index in [0.717, 1.165) is 22.2 Å². The Balaban J connectivity index is 1.52. The van der Waals surface area contributed by atoms with Gasteiger partial charge in [-0.2, -0.15) is 5.10 Å². The molecule has 0 saturated heterocycles. The van der Waals surface area contributed by atoms with Crippen molar-refractivity contribution in [2.45, 2.75) is 6.61 Å². The molecule has 6 heteroatoms. The number of aromatic nitrogens is 2. The second-order valence-corrected chi connectivity index (χ2v) is 6.13. The molecule has 1 heterocycles. The highest BCUT2D eigenvalue weighted by Crippen LogP contribution is 2.30. The molecule has 6 nitrogen and oxygen atoms in total. The van der Waals surface area contributed by atoms with Crippen LogP contribution in [0.2, 0.25) is 0 Å². The van der Waals surface area contributed by atoms with E-state index >= 15 is 0 Å². The summed E-state index contributed by atoms with van der Waals surface area (Å²) in [5, 5.41) is 4.29. The van der Waals surface area contributed by atoms with Crippen molar-refractivity contribution in [3.8, 4) is 11.5 Å². The SMILES string of the molecule is COc1cccc(/C=N\Nc2nc3ccccc3[nH]2)c1OCc1ccccc1. The van der Waals surface area contributed by atoms with Crippen molar-refractivity contribution < 1.29 is 9.47 Å². The summed E-state index contributed by atoms with van der Waals surface area (Å²) in [7, 11) is 1.62. The molecule has 0 unspecified atom stereocenters. The number of aromatic amines is 1. The Kier molecular flexibility index (Phi) is 5.20. The Morgan fingerprint density at radius 2 is 1.82 bits per heavy atom. The molecule has 0 aliphatic heterocycles. The van der Waals surface area contributed by atoms with Gasteiger partial charge >= 0.3 is 0 Å². The smallest absolute Gasteiger partial charge is 0.222 e. The minimum absolute atomic E-state index is 0.444. The summed E-state index contributed by atoms with van der Waals surface area (Å²) in [6.07, 6.45) is 1.69. The zero-order valence-corrected chi connectivity index (χ0v) is 15.4. The molecule has 1 aromatic heterocycles. The number of ether oxygens (including phenoxy) is 2. The van der Waals surface area contributed by atoms with Gasteiger partial charge in [0.25, 0.3) is 0 Å². The van der Waals surface area contributed by atoms with Crippen molar-refractivity contribution in [2.75, 3.05) is 12.5 Å². The number of para-hydroxylation sites is 3. The largest absolute Gasteiger partial charge is 0.493 e. The predicted molar refractivity (Wildman–Crippen MR) is 111 cm³/mol. The molecular weight excluding hydrogens is 352 g/mol. The van der Waals surface area contributed by atoms with Crippen LogP contribution >= 0.6 is 0 Å². The zero-order chi connectivity index (χ0) is 19.2. The van der Waals surface area contributed by atoms with E-state index < -0.39 is 0 Å². The first-order chi connectivity index (χ1) is 13.8. The van der Waals surface area contributed by atoms with Gasteiger partial charge in [0.2, 0.25) is 5.95 Å². The number of rotatable bonds is 7. The van der Waals surface area contributed by atoms with Crippen LogP contribution in [-0.4, -0.2) is 23.3 Å². The molecule has 4 aromatic rings. The van der Waals surface area contributed by atoms with E-state index in [9.17, 15) is 0 Å². The maximum Gasteiger partial charge on any atom is 0.222 e. The molecule has 28 heavy (non-hydrogen) atoms. The van der Waals surface area contributed by atoms with E-state index in [1.54, 1.807) is 13.3 Å². The third-order valence-electron chi connectivity index (χ3n) is 4.22. The van der Waals surface area contributed by atoms with Crippen molar-refractivity contribution in [3.05, 3.63) is 83.9 Å². The second kappa shape index (κ2) is 8.26. The van der Waals surface area contributed by atoms with E-state index in [1.807, 2.05) is 72.8 Å². The third kappa shape index (κ3) is 3.96. The number of fused-ring (bicyclic) bond motifs is 1. The number of anilines is 1. The minimum Gasteiger partial charge on any atom is -0.493 e. The van der Waals surface area contributed by atoms with Crippen LogP contribution in [0.1, 0.15) is 11.1 Å². The van der Waals surface area contributed by atoms with Crippen LogP contribution in [0.3, 0.4) is 0 Å². The first kappa shape index (κ1) is 17.6. The fourth-order valence-electron chi connectivity index (χ4n) is 2.85. The Labute approximate surface area is 162 Å². The monoisotopic (exact) mass is 372 g/mol. The fraction of sp³-hybridized carbons (Fsp3) is 0.0909.